The van der Waals surface area contributed by atoms with E-state index in [1.807, 2.05) is 24.3 Å². The van der Waals surface area contributed by atoms with Crippen LogP contribution in [0.5, 0.6) is 5.75 Å². The zero-order valence-corrected chi connectivity index (χ0v) is 15.8. The number of methoxy groups -OCH3 is 1. The third-order valence-corrected chi connectivity index (χ3v) is 3.85. The first-order valence-corrected chi connectivity index (χ1v) is 8.74. The average molecular weight is 381 g/mol. The van der Waals surface area contributed by atoms with Gasteiger partial charge in [-0.3, -0.25) is 14.4 Å². The van der Waals surface area contributed by atoms with Crippen LogP contribution in [0.25, 0.3) is 6.08 Å². The van der Waals surface area contributed by atoms with Crippen LogP contribution in [-0.4, -0.2) is 38.4 Å². The van der Waals surface area contributed by atoms with Crippen molar-refractivity contribution in [2.45, 2.75) is 6.42 Å². The molecule has 0 saturated carbocycles. The van der Waals surface area contributed by atoms with Gasteiger partial charge in [0.15, 0.2) is 0 Å². The number of anilines is 1. The van der Waals surface area contributed by atoms with E-state index in [2.05, 4.69) is 16.0 Å². The summed E-state index contributed by atoms with van der Waals surface area (Å²) in [6.45, 7) is 0.216. The number of benzene rings is 2. The van der Waals surface area contributed by atoms with Gasteiger partial charge in [-0.25, -0.2) is 0 Å². The summed E-state index contributed by atoms with van der Waals surface area (Å²) in [7, 11) is 3.15. The fourth-order valence-corrected chi connectivity index (χ4v) is 2.32. The van der Waals surface area contributed by atoms with E-state index in [0.717, 1.165) is 11.3 Å². The van der Waals surface area contributed by atoms with Gasteiger partial charge in [0.1, 0.15) is 5.75 Å². The molecule has 0 spiro atoms. The zero-order chi connectivity index (χ0) is 20.4. The monoisotopic (exact) mass is 381 g/mol. The number of nitrogens with one attached hydrogen (secondary N) is 3. The number of hydrogen-bond donors (Lipinski definition) is 3. The highest BCUT2D eigenvalue weighted by atomic mass is 16.5. The summed E-state index contributed by atoms with van der Waals surface area (Å²) < 4.78 is 5.08. The third kappa shape index (κ3) is 6.60. The van der Waals surface area contributed by atoms with Gasteiger partial charge in [0.05, 0.1) is 7.11 Å². The quantitative estimate of drug-likeness (QED) is 0.611. The predicted octanol–water partition coefficient (Wildman–Crippen LogP) is 2.21. The molecule has 146 valence electrons. The molecule has 0 aliphatic heterocycles. The Balaban J connectivity index is 1.72. The molecule has 0 aliphatic carbocycles. The smallest absolute Gasteiger partial charge is 0.251 e. The number of carbonyl (C=O) groups excluding carboxylic acids is 3. The van der Waals surface area contributed by atoms with Crippen molar-refractivity contribution >= 4 is 29.5 Å². The van der Waals surface area contributed by atoms with Crippen LogP contribution < -0.4 is 20.7 Å². The van der Waals surface area contributed by atoms with Crippen LogP contribution in [0.3, 0.4) is 0 Å². The van der Waals surface area contributed by atoms with Crippen molar-refractivity contribution < 1.29 is 19.1 Å². The Labute approximate surface area is 163 Å². The largest absolute Gasteiger partial charge is 0.497 e. The number of hydrogen-bond acceptors (Lipinski definition) is 4. The predicted molar refractivity (Wildman–Crippen MR) is 108 cm³/mol. The fourth-order valence-electron chi connectivity index (χ4n) is 2.32. The normalized spacial score (nSPS) is 10.4. The third-order valence-electron chi connectivity index (χ3n) is 3.85. The molecule has 0 aliphatic rings. The van der Waals surface area contributed by atoms with E-state index in [0.29, 0.717) is 11.3 Å². The molecule has 0 aromatic heterocycles. The first-order chi connectivity index (χ1) is 13.5. The zero-order valence-electron chi connectivity index (χ0n) is 15.8. The molecule has 7 heteroatoms. The second kappa shape index (κ2) is 10.5. The van der Waals surface area contributed by atoms with Crippen molar-refractivity contribution in [3.63, 3.8) is 0 Å². The van der Waals surface area contributed by atoms with Gasteiger partial charge in [-0.15, -0.1) is 0 Å². The number of carbonyl (C=O) groups is 3. The van der Waals surface area contributed by atoms with E-state index >= 15 is 0 Å². The molecular formula is C21H23N3O4. The van der Waals surface area contributed by atoms with Crippen molar-refractivity contribution in [3.8, 4) is 5.75 Å². The molecule has 0 heterocycles. The lowest BCUT2D eigenvalue weighted by molar-refractivity contribution is -0.117. The fraction of sp³-hybridized carbons (Fsp3) is 0.190. The maximum atomic E-state index is 11.9. The molecule has 0 atom stereocenters. The molecule has 0 fully saturated rings. The molecule has 2 aromatic rings. The lowest BCUT2D eigenvalue weighted by atomic mass is 10.2. The molecule has 3 N–H and O–H groups in total. The van der Waals surface area contributed by atoms with Crippen LogP contribution in [0.4, 0.5) is 5.69 Å². The van der Waals surface area contributed by atoms with E-state index in [1.54, 1.807) is 44.5 Å². The van der Waals surface area contributed by atoms with Gasteiger partial charge in [-0.2, -0.15) is 0 Å². The molecule has 0 bridgehead atoms. The van der Waals surface area contributed by atoms with Crippen molar-refractivity contribution in [2.75, 3.05) is 26.0 Å². The van der Waals surface area contributed by atoms with Crippen molar-refractivity contribution in [1.82, 2.24) is 10.6 Å². The van der Waals surface area contributed by atoms with Gasteiger partial charge >= 0.3 is 0 Å². The topological polar surface area (TPSA) is 96.5 Å². The molecule has 2 rings (SSSR count). The average Bonchev–Trinajstić information content (AvgIpc) is 2.72. The first-order valence-electron chi connectivity index (χ1n) is 8.74. The number of amides is 3. The second-order valence-electron chi connectivity index (χ2n) is 5.85. The van der Waals surface area contributed by atoms with Crippen molar-refractivity contribution in [2.24, 2.45) is 0 Å². The van der Waals surface area contributed by atoms with Crippen molar-refractivity contribution in [3.05, 3.63) is 65.7 Å². The molecule has 2 aromatic carbocycles. The highest BCUT2D eigenvalue weighted by molar-refractivity contribution is 5.96. The van der Waals surface area contributed by atoms with Gasteiger partial charge < -0.3 is 20.7 Å². The minimum atomic E-state index is -0.279. The molecule has 7 nitrogen and oxygen atoms in total. The molecule has 0 unspecified atom stereocenters. The van der Waals surface area contributed by atoms with E-state index in [1.165, 1.54) is 6.08 Å². The lowest BCUT2D eigenvalue weighted by Crippen LogP contribution is -2.26. The minimum Gasteiger partial charge on any atom is -0.497 e. The Hall–Kier alpha value is -3.61. The van der Waals surface area contributed by atoms with Gasteiger partial charge in [0, 0.05) is 37.3 Å². The second-order valence-corrected chi connectivity index (χ2v) is 5.85. The van der Waals surface area contributed by atoms with Gasteiger partial charge in [-0.1, -0.05) is 12.1 Å². The molecule has 3 amide bonds. The van der Waals surface area contributed by atoms with E-state index in [-0.39, 0.29) is 30.7 Å². The minimum absolute atomic E-state index is 0.138. The van der Waals surface area contributed by atoms with E-state index in [9.17, 15) is 14.4 Å². The van der Waals surface area contributed by atoms with Crippen LogP contribution in [0.2, 0.25) is 0 Å². The Bertz CT molecular complexity index is 843. The van der Waals surface area contributed by atoms with Gasteiger partial charge in [0.25, 0.3) is 5.91 Å². The maximum absolute atomic E-state index is 11.9. The number of ether oxygens (including phenoxy) is 1. The highest BCUT2D eigenvalue weighted by Crippen LogP contribution is 2.12. The Morgan fingerprint density at radius 1 is 1.00 bits per heavy atom. The molecular weight excluding hydrogens is 358 g/mol. The summed E-state index contributed by atoms with van der Waals surface area (Å²) in [5.74, 6) is 0.0462. The summed E-state index contributed by atoms with van der Waals surface area (Å²) in [4.78, 5) is 35.2. The van der Waals surface area contributed by atoms with Gasteiger partial charge in [-0.05, 0) is 48.0 Å². The lowest BCUT2D eigenvalue weighted by Gasteiger charge is -2.07. The van der Waals surface area contributed by atoms with Crippen LogP contribution in [-0.2, 0) is 9.59 Å². The molecule has 28 heavy (non-hydrogen) atoms. The maximum Gasteiger partial charge on any atom is 0.251 e. The summed E-state index contributed by atoms with van der Waals surface area (Å²) in [5, 5.41) is 7.90. The summed E-state index contributed by atoms with van der Waals surface area (Å²) in [6, 6.07) is 13.8. The SMILES string of the molecule is CNC(=O)c1ccc(NC(=O)CCNC(=O)/C=C/c2ccc(OC)cc2)cc1. The summed E-state index contributed by atoms with van der Waals surface area (Å²) in [5.41, 5.74) is 1.97. The highest BCUT2D eigenvalue weighted by Gasteiger charge is 2.05. The van der Waals surface area contributed by atoms with Crippen LogP contribution in [0, 0.1) is 0 Å². The molecule has 0 radical (unpaired) electrons. The van der Waals surface area contributed by atoms with Crippen LogP contribution in [0.15, 0.2) is 54.6 Å². The Morgan fingerprint density at radius 3 is 2.29 bits per heavy atom. The van der Waals surface area contributed by atoms with Crippen molar-refractivity contribution in [1.29, 1.82) is 0 Å². The summed E-state index contributed by atoms with van der Waals surface area (Å²) >= 11 is 0. The van der Waals surface area contributed by atoms with Gasteiger partial charge in [0.2, 0.25) is 11.8 Å². The van der Waals surface area contributed by atoms with E-state index in [4.69, 9.17) is 4.74 Å². The van der Waals surface area contributed by atoms with Crippen LogP contribution >= 0.6 is 0 Å². The molecule has 0 saturated heterocycles. The Kier molecular flexibility index (Phi) is 7.77. The first kappa shape index (κ1) is 20.7. The van der Waals surface area contributed by atoms with Crippen LogP contribution in [0.1, 0.15) is 22.3 Å². The van der Waals surface area contributed by atoms with E-state index < -0.39 is 0 Å². The Morgan fingerprint density at radius 2 is 1.68 bits per heavy atom. The number of rotatable bonds is 8. The standard InChI is InChI=1S/C21H23N3O4/c1-22-21(27)16-6-8-17(9-7-16)24-20(26)13-14-23-19(25)12-5-15-3-10-18(28-2)11-4-15/h3-12H,13-14H2,1-2H3,(H,22,27)(H,23,25)(H,24,26)/b12-5+. The summed E-state index contributed by atoms with van der Waals surface area (Å²) in [6.07, 6.45) is 3.24.